The van der Waals surface area contributed by atoms with E-state index in [2.05, 4.69) is 15.0 Å². The number of dihydropyridines is 1. The van der Waals surface area contributed by atoms with Crippen LogP contribution in [0, 0.1) is 5.92 Å². The molecule has 2 fully saturated rings. The number of nitrogens with zero attached hydrogens (tertiary/aromatic N) is 4. The number of likely N-dealkylation sites (tertiary alicyclic amines) is 1. The average molecular weight is 390 g/mol. The number of carbonyl (C=O) groups excluding carboxylic acids is 2. The van der Waals surface area contributed by atoms with Crippen LogP contribution < -0.4 is 0 Å². The Kier molecular flexibility index (Phi) is 4.38. The van der Waals surface area contributed by atoms with Crippen molar-refractivity contribution in [1.29, 1.82) is 0 Å². The summed E-state index contributed by atoms with van der Waals surface area (Å²) in [4.78, 5) is 41.6. The number of aromatic hydroxyl groups is 1. The summed E-state index contributed by atoms with van der Waals surface area (Å²) >= 11 is 0. The molecule has 1 aliphatic carbocycles. The van der Waals surface area contributed by atoms with Crippen LogP contribution in [0.3, 0.4) is 0 Å². The van der Waals surface area contributed by atoms with E-state index in [1.165, 1.54) is 6.42 Å². The minimum absolute atomic E-state index is 0.00833. The van der Waals surface area contributed by atoms with Gasteiger partial charge in [0.05, 0.1) is 5.71 Å². The second-order valence-corrected chi connectivity index (χ2v) is 7.87. The number of Topliss-reactive ketones (excluding diaryl/α,β-unsaturated/α-hetero) is 1. The van der Waals surface area contributed by atoms with Gasteiger partial charge < -0.3 is 10.0 Å². The van der Waals surface area contributed by atoms with Crippen molar-refractivity contribution < 1.29 is 14.7 Å². The lowest BCUT2D eigenvalue weighted by Gasteiger charge is -2.33. The van der Waals surface area contributed by atoms with Crippen molar-refractivity contribution in [3.8, 4) is 5.75 Å². The molecule has 1 aromatic rings. The van der Waals surface area contributed by atoms with Gasteiger partial charge in [-0.2, -0.15) is 9.98 Å². The van der Waals surface area contributed by atoms with Crippen molar-refractivity contribution in [3.05, 3.63) is 35.4 Å². The number of amidine groups is 1. The molecule has 1 saturated carbocycles. The summed E-state index contributed by atoms with van der Waals surface area (Å²) in [6.07, 6.45) is 5.15. The number of allylic oxidation sites excluding steroid dienone is 1. The minimum atomic E-state index is -0.800. The molecule has 7 heteroatoms. The number of rotatable bonds is 1. The predicted octanol–water partition coefficient (Wildman–Crippen LogP) is 2.75. The van der Waals surface area contributed by atoms with Crippen molar-refractivity contribution in [2.24, 2.45) is 20.9 Å². The highest BCUT2D eigenvalue weighted by Gasteiger charge is 2.42. The summed E-state index contributed by atoms with van der Waals surface area (Å²) in [7, 11) is 0. The van der Waals surface area contributed by atoms with Crippen LogP contribution >= 0.6 is 0 Å². The third kappa shape index (κ3) is 3.10. The maximum absolute atomic E-state index is 13.2. The van der Waals surface area contributed by atoms with Crippen molar-refractivity contribution in [2.75, 3.05) is 13.1 Å². The number of guanidine groups is 1. The first kappa shape index (κ1) is 18.0. The lowest BCUT2D eigenvalue weighted by molar-refractivity contribution is -0.118. The van der Waals surface area contributed by atoms with E-state index in [9.17, 15) is 14.7 Å². The lowest BCUT2D eigenvalue weighted by Crippen LogP contribution is -2.42. The molecule has 1 saturated heterocycles. The Bertz CT molecular complexity index is 1030. The molecule has 4 aliphatic rings. The van der Waals surface area contributed by atoms with E-state index in [-0.39, 0.29) is 17.4 Å². The number of aliphatic imine (C=N–C) groups is 3. The fraction of sp³-hybridized carbons (Fsp3) is 0.409. The molecule has 1 aromatic carbocycles. The van der Waals surface area contributed by atoms with Crippen LogP contribution in [-0.4, -0.2) is 52.3 Å². The molecule has 29 heavy (non-hydrogen) atoms. The van der Waals surface area contributed by atoms with Crippen LogP contribution in [0.25, 0.3) is 5.57 Å². The second kappa shape index (κ2) is 7.06. The molecule has 3 heterocycles. The zero-order chi connectivity index (χ0) is 20.0. The zero-order valence-corrected chi connectivity index (χ0v) is 16.1. The molecule has 1 amide bonds. The van der Waals surface area contributed by atoms with E-state index in [0.717, 1.165) is 32.4 Å². The summed E-state index contributed by atoms with van der Waals surface area (Å²) in [6.45, 7) is 1.67. The number of amides is 1. The largest absolute Gasteiger partial charge is 0.508 e. The standard InChI is InChI=1S/C22H22N4O3/c27-14-7-4-6-13(12-14)17-18-15(8-5-9-16(18)28)23-20-19(17)21(29)25-22(24-20)26-10-2-1-3-11-26/h4,6-7,12,19,27H,1-3,5,8-11H2. The summed E-state index contributed by atoms with van der Waals surface area (Å²) < 4.78 is 0. The Hall–Kier alpha value is -3.09. The smallest absolute Gasteiger partial charge is 0.264 e. The topological polar surface area (TPSA) is 94.7 Å². The van der Waals surface area contributed by atoms with Crippen LogP contribution in [0.15, 0.2) is 44.8 Å². The van der Waals surface area contributed by atoms with Gasteiger partial charge in [-0.3, -0.25) is 9.59 Å². The summed E-state index contributed by atoms with van der Waals surface area (Å²) in [5, 5.41) is 9.99. The molecule has 1 N–H and O–H groups in total. The summed E-state index contributed by atoms with van der Waals surface area (Å²) in [5.41, 5.74) is 2.43. The van der Waals surface area contributed by atoms with Gasteiger partial charge in [-0.25, -0.2) is 4.99 Å². The monoisotopic (exact) mass is 390 g/mol. The van der Waals surface area contributed by atoms with Crippen LogP contribution in [0.2, 0.25) is 0 Å². The first-order valence-electron chi connectivity index (χ1n) is 10.2. The van der Waals surface area contributed by atoms with Gasteiger partial charge in [0.25, 0.3) is 5.91 Å². The number of hydrogen-bond donors (Lipinski definition) is 1. The highest BCUT2D eigenvalue weighted by Crippen LogP contribution is 2.39. The van der Waals surface area contributed by atoms with E-state index in [4.69, 9.17) is 0 Å². The van der Waals surface area contributed by atoms with Crippen LogP contribution in [0.5, 0.6) is 5.75 Å². The van der Waals surface area contributed by atoms with Crippen LogP contribution in [0.4, 0.5) is 0 Å². The quantitative estimate of drug-likeness (QED) is 0.798. The first-order valence-corrected chi connectivity index (χ1v) is 10.2. The molecule has 0 spiro atoms. The number of ketones is 1. The SMILES string of the molecule is O=C1CCCC2=NC3=NC(N4CCCCC4)=NC(=O)C3C(c3cccc(O)c3)=C12. The maximum Gasteiger partial charge on any atom is 0.264 e. The normalized spacial score (nSPS) is 24.5. The van der Waals surface area contributed by atoms with Gasteiger partial charge in [-0.05, 0) is 55.4 Å². The Morgan fingerprint density at radius 2 is 1.79 bits per heavy atom. The van der Waals surface area contributed by atoms with E-state index >= 15 is 0 Å². The van der Waals surface area contributed by atoms with E-state index in [1.54, 1.807) is 18.2 Å². The van der Waals surface area contributed by atoms with Gasteiger partial charge in [0.15, 0.2) is 5.78 Å². The lowest BCUT2D eigenvalue weighted by atomic mass is 9.77. The predicted molar refractivity (Wildman–Crippen MR) is 110 cm³/mol. The van der Waals surface area contributed by atoms with Crippen LogP contribution in [-0.2, 0) is 9.59 Å². The Labute approximate surface area is 168 Å². The van der Waals surface area contributed by atoms with E-state index < -0.39 is 5.92 Å². The van der Waals surface area contributed by atoms with Gasteiger partial charge >= 0.3 is 0 Å². The zero-order valence-electron chi connectivity index (χ0n) is 16.1. The van der Waals surface area contributed by atoms with Crippen LogP contribution in [0.1, 0.15) is 44.1 Å². The molecule has 7 nitrogen and oxygen atoms in total. The Morgan fingerprint density at radius 1 is 0.966 bits per heavy atom. The van der Waals surface area contributed by atoms with Gasteiger partial charge in [0, 0.05) is 25.1 Å². The second-order valence-electron chi connectivity index (χ2n) is 7.87. The summed E-state index contributed by atoms with van der Waals surface area (Å²) in [5.74, 6) is -0.217. The average Bonchev–Trinajstić information content (AvgIpc) is 2.73. The molecule has 148 valence electrons. The minimum Gasteiger partial charge on any atom is -0.508 e. The number of piperidine rings is 1. The highest BCUT2D eigenvalue weighted by atomic mass is 16.3. The molecule has 0 aromatic heterocycles. The molecular weight excluding hydrogens is 368 g/mol. The number of benzene rings is 1. The van der Waals surface area contributed by atoms with Gasteiger partial charge in [-0.15, -0.1) is 0 Å². The first-order chi connectivity index (χ1) is 14.1. The molecular formula is C22H22N4O3. The molecule has 1 atom stereocenters. The molecule has 1 unspecified atom stereocenters. The third-order valence-electron chi connectivity index (χ3n) is 5.92. The molecule has 5 rings (SSSR count). The maximum atomic E-state index is 13.2. The number of phenols is 1. The summed E-state index contributed by atoms with van der Waals surface area (Å²) in [6, 6.07) is 6.67. The van der Waals surface area contributed by atoms with Crippen molar-refractivity contribution in [2.45, 2.75) is 38.5 Å². The van der Waals surface area contributed by atoms with E-state index in [0.29, 0.717) is 47.1 Å². The number of fused-ring (bicyclic) bond motifs is 2. The molecule has 0 bridgehead atoms. The third-order valence-corrected chi connectivity index (χ3v) is 5.92. The fourth-order valence-electron chi connectivity index (χ4n) is 4.55. The van der Waals surface area contributed by atoms with Gasteiger partial charge in [0.1, 0.15) is 17.5 Å². The van der Waals surface area contributed by atoms with E-state index in [1.807, 2.05) is 11.0 Å². The molecule has 3 aliphatic heterocycles. The molecule has 0 radical (unpaired) electrons. The van der Waals surface area contributed by atoms with Crippen molar-refractivity contribution >= 4 is 34.8 Å². The Balaban J connectivity index is 1.64. The highest BCUT2D eigenvalue weighted by molar-refractivity contribution is 6.37. The number of carbonyl (C=O) groups is 2. The van der Waals surface area contributed by atoms with Crippen molar-refractivity contribution in [1.82, 2.24) is 4.90 Å². The van der Waals surface area contributed by atoms with Crippen molar-refractivity contribution in [3.63, 3.8) is 0 Å². The van der Waals surface area contributed by atoms with Gasteiger partial charge in [-0.1, -0.05) is 12.1 Å². The number of hydrogen-bond acceptors (Lipinski definition) is 6. The Morgan fingerprint density at radius 3 is 2.59 bits per heavy atom. The fourth-order valence-corrected chi connectivity index (χ4v) is 4.55. The van der Waals surface area contributed by atoms with Gasteiger partial charge in [0.2, 0.25) is 5.96 Å². The number of phenolic OH excluding ortho intramolecular Hbond substituents is 1.